The quantitative estimate of drug-likeness (QED) is 0.848. The minimum absolute atomic E-state index is 0.131. The zero-order chi connectivity index (χ0) is 17.2. The molecule has 0 aromatic carbocycles. The number of aromatic nitrogens is 1. The fraction of sp³-hybridized carbons (Fsp3) is 0.625. The number of halogens is 1. The number of amides is 1. The number of carbonyl (C=O) groups is 2. The Balaban J connectivity index is 2.04. The largest absolute Gasteiger partial charge is 0.464 e. The second-order valence-corrected chi connectivity index (χ2v) is 6.66. The van der Waals surface area contributed by atoms with Crippen LogP contribution in [0.5, 0.6) is 0 Å². The summed E-state index contributed by atoms with van der Waals surface area (Å²) in [5.41, 5.74) is -0.0416. The number of nitrogens with one attached hydrogen (secondary N) is 1. The van der Waals surface area contributed by atoms with Gasteiger partial charge >= 0.3 is 12.1 Å². The molecular formula is C16H23FN2O4. The molecule has 0 saturated carbocycles. The topological polar surface area (TPSA) is 71.6 Å². The third-order valence-electron chi connectivity index (χ3n) is 3.81. The van der Waals surface area contributed by atoms with E-state index in [2.05, 4.69) is 9.72 Å². The average Bonchev–Trinajstić information content (AvgIpc) is 2.86. The fourth-order valence-corrected chi connectivity index (χ4v) is 2.76. The molecule has 0 aliphatic carbocycles. The number of aromatic amines is 1. The molecule has 1 N–H and O–H groups in total. The van der Waals surface area contributed by atoms with Gasteiger partial charge in [-0.25, -0.2) is 14.0 Å². The Morgan fingerprint density at radius 3 is 2.43 bits per heavy atom. The van der Waals surface area contributed by atoms with Crippen molar-refractivity contribution in [2.45, 2.75) is 45.1 Å². The highest BCUT2D eigenvalue weighted by Crippen LogP contribution is 2.33. The summed E-state index contributed by atoms with van der Waals surface area (Å²) < 4.78 is 24.0. The maximum atomic E-state index is 14.0. The second kappa shape index (κ2) is 6.60. The first kappa shape index (κ1) is 17.3. The van der Waals surface area contributed by atoms with Crippen LogP contribution in [0.2, 0.25) is 0 Å². The van der Waals surface area contributed by atoms with E-state index in [1.807, 2.05) is 20.8 Å². The van der Waals surface area contributed by atoms with Gasteiger partial charge in [0.15, 0.2) is 0 Å². The van der Waals surface area contributed by atoms with Gasteiger partial charge in [-0.1, -0.05) is 0 Å². The van der Waals surface area contributed by atoms with Crippen LogP contribution in [0.1, 0.15) is 55.6 Å². The van der Waals surface area contributed by atoms with Crippen LogP contribution in [0.15, 0.2) is 6.20 Å². The monoisotopic (exact) mass is 326 g/mol. The van der Waals surface area contributed by atoms with Crippen molar-refractivity contribution in [2.75, 3.05) is 20.2 Å². The number of ether oxygens (including phenoxy) is 2. The summed E-state index contributed by atoms with van der Waals surface area (Å²) in [5.74, 6) is -1.16. The van der Waals surface area contributed by atoms with Crippen LogP contribution in [0.4, 0.5) is 9.18 Å². The minimum Gasteiger partial charge on any atom is -0.464 e. The maximum Gasteiger partial charge on any atom is 0.410 e. The molecule has 128 valence electrons. The van der Waals surface area contributed by atoms with Crippen LogP contribution in [0, 0.1) is 5.82 Å². The number of piperidine rings is 1. The SMILES string of the molecule is COC(=O)c1[nH]cc(F)c1C1CCN(C(=O)OC(C)(C)C)CC1. The first-order valence-electron chi connectivity index (χ1n) is 7.66. The number of esters is 1. The normalized spacial score (nSPS) is 16.3. The summed E-state index contributed by atoms with van der Waals surface area (Å²) in [4.78, 5) is 28.0. The van der Waals surface area contributed by atoms with E-state index in [1.165, 1.54) is 13.3 Å². The molecule has 2 rings (SSSR count). The lowest BCUT2D eigenvalue weighted by atomic mass is 9.89. The number of nitrogens with zero attached hydrogens (tertiary/aromatic N) is 1. The predicted molar refractivity (Wildman–Crippen MR) is 81.9 cm³/mol. The standard InChI is InChI=1S/C16H23FN2O4/c1-16(2,3)23-15(21)19-7-5-10(6-8-19)12-11(17)9-18-13(12)14(20)22-4/h9-10,18H,5-8H2,1-4H3. The van der Waals surface area contributed by atoms with Crippen molar-refractivity contribution >= 4 is 12.1 Å². The Morgan fingerprint density at radius 1 is 1.30 bits per heavy atom. The number of rotatable bonds is 2. The lowest BCUT2D eigenvalue weighted by Gasteiger charge is -2.33. The smallest absolute Gasteiger partial charge is 0.410 e. The van der Waals surface area contributed by atoms with Crippen LogP contribution in [0.25, 0.3) is 0 Å². The van der Waals surface area contributed by atoms with Gasteiger partial charge in [-0.2, -0.15) is 0 Å². The Kier molecular flexibility index (Phi) is 4.97. The molecule has 1 aliphatic heterocycles. The molecule has 0 atom stereocenters. The van der Waals surface area contributed by atoms with Gasteiger partial charge < -0.3 is 19.4 Å². The third-order valence-corrected chi connectivity index (χ3v) is 3.81. The van der Waals surface area contributed by atoms with Gasteiger partial charge in [-0.15, -0.1) is 0 Å². The molecule has 1 aromatic rings. The molecule has 0 radical (unpaired) electrons. The van der Waals surface area contributed by atoms with Crippen molar-refractivity contribution in [3.63, 3.8) is 0 Å². The van der Waals surface area contributed by atoms with Crippen molar-refractivity contribution in [2.24, 2.45) is 0 Å². The molecule has 7 heteroatoms. The molecule has 1 aromatic heterocycles. The molecule has 0 unspecified atom stereocenters. The van der Waals surface area contributed by atoms with Gasteiger partial charge in [0.2, 0.25) is 0 Å². The highest BCUT2D eigenvalue weighted by Gasteiger charge is 2.31. The molecule has 1 amide bonds. The van der Waals surface area contributed by atoms with Crippen molar-refractivity contribution in [1.29, 1.82) is 0 Å². The highest BCUT2D eigenvalue weighted by molar-refractivity contribution is 5.89. The van der Waals surface area contributed by atoms with Crippen molar-refractivity contribution in [3.8, 4) is 0 Å². The van der Waals surface area contributed by atoms with Gasteiger partial charge in [0.25, 0.3) is 0 Å². The number of H-pyrrole nitrogens is 1. The Hall–Kier alpha value is -2.05. The summed E-state index contributed by atoms with van der Waals surface area (Å²) in [5, 5.41) is 0. The van der Waals surface area contributed by atoms with E-state index in [9.17, 15) is 14.0 Å². The number of hydrogen-bond acceptors (Lipinski definition) is 4. The second-order valence-electron chi connectivity index (χ2n) is 6.66. The van der Waals surface area contributed by atoms with E-state index in [1.54, 1.807) is 4.90 Å². The summed E-state index contributed by atoms with van der Waals surface area (Å²) in [6, 6.07) is 0. The highest BCUT2D eigenvalue weighted by atomic mass is 19.1. The Bertz CT molecular complexity index is 583. The molecule has 1 fully saturated rings. The Morgan fingerprint density at radius 2 is 1.91 bits per heavy atom. The van der Waals surface area contributed by atoms with E-state index in [-0.39, 0.29) is 17.7 Å². The maximum absolute atomic E-state index is 14.0. The molecular weight excluding hydrogens is 303 g/mol. The van der Waals surface area contributed by atoms with E-state index in [0.29, 0.717) is 31.5 Å². The number of carbonyl (C=O) groups excluding carboxylic acids is 2. The van der Waals surface area contributed by atoms with Gasteiger partial charge in [-0.3, -0.25) is 0 Å². The average molecular weight is 326 g/mol. The molecule has 0 bridgehead atoms. The number of likely N-dealkylation sites (tertiary alicyclic amines) is 1. The van der Waals surface area contributed by atoms with E-state index >= 15 is 0 Å². The summed E-state index contributed by atoms with van der Waals surface area (Å²) >= 11 is 0. The van der Waals surface area contributed by atoms with E-state index in [0.717, 1.165) is 0 Å². The van der Waals surface area contributed by atoms with Crippen LogP contribution in [-0.2, 0) is 9.47 Å². The lowest BCUT2D eigenvalue weighted by Crippen LogP contribution is -2.41. The zero-order valence-electron chi connectivity index (χ0n) is 13.9. The summed E-state index contributed by atoms with van der Waals surface area (Å²) in [7, 11) is 1.26. The summed E-state index contributed by atoms with van der Waals surface area (Å²) in [6.45, 7) is 6.37. The molecule has 0 spiro atoms. The predicted octanol–water partition coefficient (Wildman–Crippen LogP) is 3.05. The van der Waals surface area contributed by atoms with Crippen molar-refractivity contribution < 1.29 is 23.5 Å². The van der Waals surface area contributed by atoms with Gasteiger partial charge in [0.05, 0.1) is 7.11 Å². The fourth-order valence-electron chi connectivity index (χ4n) is 2.76. The molecule has 1 aliphatic rings. The van der Waals surface area contributed by atoms with Crippen LogP contribution >= 0.6 is 0 Å². The number of hydrogen-bond donors (Lipinski definition) is 1. The van der Waals surface area contributed by atoms with Gasteiger partial charge in [0.1, 0.15) is 17.1 Å². The third kappa shape index (κ3) is 4.03. The first-order valence-corrected chi connectivity index (χ1v) is 7.66. The van der Waals surface area contributed by atoms with E-state index < -0.39 is 17.4 Å². The molecule has 2 heterocycles. The lowest BCUT2D eigenvalue weighted by molar-refractivity contribution is 0.0203. The van der Waals surface area contributed by atoms with Crippen LogP contribution in [0.3, 0.4) is 0 Å². The van der Waals surface area contributed by atoms with Crippen molar-refractivity contribution in [3.05, 3.63) is 23.3 Å². The Labute approximate surface area is 134 Å². The molecule has 23 heavy (non-hydrogen) atoms. The van der Waals surface area contributed by atoms with Crippen LogP contribution in [-0.4, -0.2) is 47.7 Å². The zero-order valence-corrected chi connectivity index (χ0v) is 13.9. The van der Waals surface area contributed by atoms with Gasteiger partial charge in [0, 0.05) is 24.8 Å². The summed E-state index contributed by atoms with van der Waals surface area (Å²) in [6.07, 6.45) is 1.94. The van der Waals surface area contributed by atoms with Gasteiger partial charge in [-0.05, 0) is 39.5 Å². The molecule has 6 nitrogen and oxygen atoms in total. The van der Waals surface area contributed by atoms with E-state index in [4.69, 9.17) is 4.74 Å². The van der Waals surface area contributed by atoms with Crippen LogP contribution < -0.4 is 0 Å². The minimum atomic E-state index is -0.585. The van der Waals surface area contributed by atoms with Crippen molar-refractivity contribution in [1.82, 2.24) is 9.88 Å². The number of methoxy groups -OCH3 is 1. The molecule has 1 saturated heterocycles. The first-order chi connectivity index (χ1) is 10.7.